The first-order valence-electron chi connectivity index (χ1n) is 5.48. The summed E-state index contributed by atoms with van der Waals surface area (Å²) >= 11 is 0. The number of aryl methyl sites for hydroxylation is 2. The van der Waals surface area contributed by atoms with Gasteiger partial charge in [-0.3, -0.25) is 0 Å². The van der Waals surface area contributed by atoms with Gasteiger partial charge in [0, 0.05) is 0 Å². The van der Waals surface area contributed by atoms with Gasteiger partial charge in [-0.1, -0.05) is 6.07 Å². The van der Waals surface area contributed by atoms with Gasteiger partial charge in [0.05, 0.1) is 16.6 Å². The molecular weight excluding hydrogens is 254 g/mol. The average molecular weight is 271 g/mol. The van der Waals surface area contributed by atoms with Crippen LogP contribution < -0.4 is 5.14 Å². The van der Waals surface area contributed by atoms with Crippen LogP contribution in [-0.4, -0.2) is 20.5 Å². The Balaban J connectivity index is 3.34. The van der Waals surface area contributed by atoms with Crippen LogP contribution in [0.4, 0.5) is 0 Å². The van der Waals surface area contributed by atoms with Crippen molar-refractivity contribution in [3.8, 4) is 0 Å². The maximum absolute atomic E-state index is 11.8. The number of sulfonamides is 1. The second kappa shape index (κ2) is 5.07. The van der Waals surface area contributed by atoms with Crippen LogP contribution in [0.5, 0.6) is 0 Å². The zero-order chi connectivity index (χ0) is 14.1. The van der Waals surface area contributed by atoms with E-state index in [0.717, 1.165) is 0 Å². The van der Waals surface area contributed by atoms with Crippen LogP contribution in [0.15, 0.2) is 17.0 Å². The molecule has 0 heterocycles. The molecule has 0 aromatic heterocycles. The van der Waals surface area contributed by atoms with E-state index in [4.69, 9.17) is 9.88 Å². The average Bonchev–Trinajstić information content (AvgIpc) is 2.13. The lowest BCUT2D eigenvalue weighted by Crippen LogP contribution is -2.17. The van der Waals surface area contributed by atoms with Crippen LogP contribution in [-0.2, 0) is 14.8 Å². The summed E-state index contributed by atoms with van der Waals surface area (Å²) in [5.74, 6) is -0.549. The van der Waals surface area contributed by atoms with E-state index in [1.807, 2.05) is 0 Å². The fourth-order valence-electron chi connectivity index (χ4n) is 1.64. The maximum Gasteiger partial charge on any atom is 0.338 e. The van der Waals surface area contributed by atoms with Crippen molar-refractivity contribution in [1.82, 2.24) is 0 Å². The number of hydrogen-bond donors (Lipinski definition) is 1. The molecule has 5 nitrogen and oxygen atoms in total. The summed E-state index contributed by atoms with van der Waals surface area (Å²) in [6.07, 6.45) is -0.267. The van der Waals surface area contributed by atoms with Gasteiger partial charge in [-0.15, -0.1) is 0 Å². The number of ether oxygens (including phenoxy) is 1. The van der Waals surface area contributed by atoms with E-state index >= 15 is 0 Å². The quantitative estimate of drug-likeness (QED) is 0.844. The zero-order valence-electron chi connectivity index (χ0n) is 10.9. The van der Waals surface area contributed by atoms with Crippen molar-refractivity contribution in [3.63, 3.8) is 0 Å². The number of nitrogens with two attached hydrogens (primary N) is 1. The SMILES string of the molecule is Cc1cc(C)c(S(N)(=O)=O)cc1C(=O)OC(C)C. The molecule has 18 heavy (non-hydrogen) atoms. The van der Waals surface area contributed by atoms with Gasteiger partial charge in [-0.05, 0) is 44.9 Å². The molecule has 100 valence electrons. The molecule has 1 rings (SSSR count). The summed E-state index contributed by atoms with van der Waals surface area (Å²) in [5.41, 5.74) is 1.39. The van der Waals surface area contributed by atoms with Crippen LogP contribution in [0.1, 0.15) is 35.3 Å². The number of rotatable bonds is 3. The van der Waals surface area contributed by atoms with E-state index in [1.165, 1.54) is 6.07 Å². The summed E-state index contributed by atoms with van der Waals surface area (Å²) in [7, 11) is -3.84. The Morgan fingerprint density at radius 2 is 1.78 bits per heavy atom. The summed E-state index contributed by atoms with van der Waals surface area (Å²) in [4.78, 5) is 11.8. The zero-order valence-corrected chi connectivity index (χ0v) is 11.7. The number of carbonyl (C=O) groups is 1. The minimum atomic E-state index is -3.84. The Morgan fingerprint density at radius 1 is 1.22 bits per heavy atom. The van der Waals surface area contributed by atoms with Crippen LogP contribution >= 0.6 is 0 Å². The van der Waals surface area contributed by atoms with Gasteiger partial charge in [0.15, 0.2) is 0 Å². The highest BCUT2D eigenvalue weighted by Gasteiger charge is 2.19. The van der Waals surface area contributed by atoms with Gasteiger partial charge in [0.1, 0.15) is 0 Å². The molecule has 0 aliphatic rings. The van der Waals surface area contributed by atoms with Crippen molar-refractivity contribution in [2.75, 3.05) is 0 Å². The Morgan fingerprint density at radius 3 is 2.22 bits per heavy atom. The Kier molecular flexibility index (Phi) is 4.13. The van der Waals surface area contributed by atoms with E-state index in [-0.39, 0.29) is 16.6 Å². The monoisotopic (exact) mass is 271 g/mol. The maximum atomic E-state index is 11.8. The standard InChI is InChI=1S/C12H17NO4S/c1-7(2)17-12(14)10-6-11(18(13,15)16)9(4)5-8(10)3/h5-7H,1-4H3,(H2,13,15,16). The van der Waals surface area contributed by atoms with Crippen LogP contribution in [0.25, 0.3) is 0 Å². The Labute approximate surface area is 107 Å². The minimum absolute atomic E-state index is 0.0520. The molecule has 0 aliphatic heterocycles. The summed E-state index contributed by atoms with van der Waals surface area (Å²) in [6, 6.07) is 2.88. The highest BCUT2D eigenvalue weighted by molar-refractivity contribution is 7.89. The molecule has 0 spiro atoms. The molecular formula is C12H17NO4S. The molecule has 0 atom stereocenters. The van der Waals surface area contributed by atoms with Crippen molar-refractivity contribution in [2.45, 2.75) is 38.7 Å². The van der Waals surface area contributed by atoms with Crippen LogP contribution in [0.2, 0.25) is 0 Å². The van der Waals surface area contributed by atoms with E-state index in [2.05, 4.69) is 0 Å². The summed E-state index contributed by atoms with van der Waals surface area (Å²) in [6.45, 7) is 6.80. The topological polar surface area (TPSA) is 86.5 Å². The van der Waals surface area contributed by atoms with Crippen LogP contribution in [0, 0.1) is 13.8 Å². The van der Waals surface area contributed by atoms with Gasteiger partial charge in [0.25, 0.3) is 0 Å². The largest absolute Gasteiger partial charge is 0.459 e. The molecule has 0 saturated carbocycles. The first-order chi connectivity index (χ1) is 8.12. The van der Waals surface area contributed by atoms with Crippen molar-refractivity contribution in [1.29, 1.82) is 0 Å². The van der Waals surface area contributed by atoms with E-state index < -0.39 is 16.0 Å². The highest BCUT2D eigenvalue weighted by Crippen LogP contribution is 2.20. The van der Waals surface area contributed by atoms with E-state index in [9.17, 15) is 13.2 Å². The highest BCUT2D eigenvalue weighted by atomic mass is 32.2. The molecule has 0 amide bonds. The second-order valence-corrected chi connectivity index (χ2v) is 5.96. The van der Waals surface area contributed by atoms with Crippen molar-refractivity contribution in [3.05, 3.63) is 28.8 Å². The lowest BCUT2D eigenvalue weighted by Gasteiger charge is -2.12. The fraction of sp³-hybridized carbons (Fsp3) is 0.417. The van der Waals surface area contributed by atoms with Crippen molar-refractivity contribution >= 4 is 16.0 Å². The molecule has 0 radical (unpaired) electrons. The first kappa shape index (κ1) is 14.7. The summed E-state index contributed by atoms with van der Waals surface area (Å²) in [5, 5.41) is 5.10. The van der Waals surface area contributed by atoms with Gasteiger partial charge >= 0.3 is 5.97 Å². The Hall–Kier alpha value is -1.40. The second-order valence-electron chi connectivity index (χ2n) is 4.43. The third-order valence-corrected chi connectivity index (χ3v) is 3.44. The van der Waals surface area contributed by atoms with E-state index in [0.29, 0.717) is 11.1 Å². The molecule has 0 bridgehead atoms. The molecule has 2 N–H and O–H groups in total. The smallest absolute Gasteiger partial charge is 0.338 e. The molecule has 1 aromatic rings. The molecule has 1 aromatic carbocycles. The normalized spacial score (nSPS) is 11.7. The lowest BCUT2D eigenvalue weighted by molar-refractivity contribution is 0.0377. The van der Waals surface area contributed by atoms with Gasteiger partial charge < -0.3 is 4.74 Å². The summed E-state index contributed by atoms with van der Waals surface area (Å²) < 4.78 is 27.8. The van der Waals surface area contributed by atoms with Gasteiger partial charge in [0.2, 0.25) is 10.0 Å². The van der Waals surface area contributed by atoms with Crippen molar-refractivity contribution < 1.29 is 17.9 Å². The molecule has 0 aliphatic carbocycles. The Bertz CT molecular complexity index is 576. The van der Waals surface area contributed by atoms with Crippen LogP contribution in [0.3, 0.4) is 0 Å². The fourth-order valence-corrected chi connectivity index (χ4v) is 2.43. The first-order valence-corrected chi connectivity index (χ1v) is 7.02. The minimum Gasteiger partial charge on any atom is -0.459 e. The number of esters is 1. The number of carbonyl (C=O) groups excluding carboxylic acids is 1. The third-order valence-electron chi connectivity index (χ3n) is 2.39. The number of benzene rings is 1. The predicted octanol–water partition coefficient (Wildman–Crippen LogP) is 1.52. The number of primary sulfonamides is 1. The molecule has 0 fully saturated rings. The van der Waals surface area contributed by atoms with E-state index in [1.54, 1.807) is 33.8 Å². The number of hydrogen-bond acceptors (Lipinski definition) is 4. The molecule has 6 heteroatoms. The van der Waals surface area contributed by atoms with Crippen molar-refractivity contribution in [2.24, 2.45) is 5.14 Å². The third kappa shape index (κ3) is 3.30. The van der Waals surface area contributed by atoms with Gasteiger partial charge in [-0.2, -0.15) is 0 Å². The molecule has 0 unspecified atom stereocenters. The predicted molar refractivity (Wildman–Crippen MR) is 67.8 cm³/mol. The lowest BCUT2D eigenvalue weighted by atomic mass is 10.1. The molecule has 0 saturated heterocycles. The van der Waals surface area contributed by atoms with Gasteiger partial charge in [-0.25, -0.2) is 18.4 Å².